The third-order valence-corrected chi connectivity index (χ3v) is 4.84. The van der Waals surface area contributed by atoms with Gasteiger partial charge in [-0.15, -0.1) is 0 Å². The number of ether oxygens (including phenoxy) is 1. The first-order valence-corrected chi connectivity index (χ1v) is 9.45. The summed E-state index contributed by atoms with van der Waals surface area (Å²) in [6.45, 7) is 1.91. The molecule has 0 saturated carbocycles. The Hall–Kier alpha value is -2.86. The molecule has 1 saturated heterocycles. The first-order chi connectivity index (χ1) is 13.5. The first kappa shape index (κ1) is 19.9. The summed E-state index contributed by atoms with van der Waals surface area (Å²) < 4.78 is 5.10. The number of carbonyl (C=O) groups is 3. The maximum absolute atomic E-state index is 12.3. The first-order valence-electron chi connectivity index (χ1n) is 9.07. The predicted octanol–water partition coefficient (Wildman–Crippen LogP) is 3.44. The average molecular weight is 401 g/mol. The molecule has 6 nitrogen and oxygen atoms in total. The van der Waals surface area contributed by atoms with Gasteiger partial charge < -0.3 is 15.0 Å². The Bertz CT molecular complexity index is 865. The lowest BCUT2D eigenvalue weighted by Gasteiger charge is -2.17. The van der Waals surface area contributed by atoms with Gasteiger partial charge in [-0.1, -0.05) is 30.7 Å². The lowest BCUT2D eigenvalue weighted by Crippen LogP contribution is -2.28. The lowest BCUT2D eigenvalue weighted by atomic mass is 10.1. The van der Waals surface area contributed by atoms with Crippen molar-refractivity contribution < 1.29 is 19.1 Å². The number of hydrogen-bond donors (Lipinski definition) is 1. The third-order valence-electron chi connectivity index (χ3n) is 4.59. The molecular formula is C21H21ClN2O4. The number of esters is 1. The van der Waals surface area contributed by atoms with Crippen LogP contribution in [0.3, 0.4) is 0 Å². The van der Waals surface area contributed by atoms with Crippen LogP contribution >= 0.6 is 11.6 Å². The van der Waals surface area contributed by atoms with E-state index in [0.717, 1.165) is 12.1 Å². The van der Waals surface area contributed by atoms with Crippen LogP contribution in [-0.2, 0) is 25.5 Å². The second-order valence-electron chi connectivity index (χ2n) is 6.59. The molecule has 2 aromatic carbocycles. The van der Waals surface area contributed by atoms with Crippen molar-refractivity contribution in [1.82, 2.24) is 0 Å². The number of aryl methyl sites for hydroxylation is 1. The number of nitrogens with zero attached hydrogens (tertiary/aromatic N) is 1. The van der Waals surface area contributed by atoms with Gasteiger partial charge in [0.15, 0.2) is 6.61 Å². The molecule has 1 fully saturated rings. The Morgan fingerprint density at radius 3 is 2.46 bits per heavy atom. The van der Waals surface area contributed by atoms with Gasteiger partial charge in [-0.2, -0.15) is 0 Å². The number of benzene rings is 2. The van der Waals surface area contributed by atoms with E-state index in [1.54, 1.807) is 29.2 Å². The minimum atomic E-state index is -0.582. The lowest BCUT2D eigenvalue weighted by molar-refractivity contribution is -0.151. The highest BCUT2D eigenvalue weighted by atomic mass is 35.5. The molecule has 1 aliphatic heterocycles. The van der Waals surface area contributed by atoms with E-state index < -0.39 is 24.4 Å². The summed E-state index contributed by atoms with van der Waals surface area (Å²) in [5.41, 5.74) is 2.50. The summed E-state index contributed by atoms with van der Waals surface area (Å²) in [7, 11) is 0. The molecule has 0 aromatic heterocycles. The van der Waals surface area contributed by atoms with Gasteiger partial charge in [0.1, 0.15) is 0 Å². The molecule has 0 radical (unpaired) electrons. The van der Waals surface area contributed by atoms with Crippen molar-refractivity contribution in [2.24, 2.45) is 5.92 Å². The number of hydrogen-bond acceptors (Lipinski definition) is 4. The minimum absolute atomic E-state index is 0.0766. The summed E-state index contributed by atoms with van der Waals surface area (Å²) in [6.07, 6.45) is 0.994. The number of rotatable bonds is 6. The molecule has 2 amide bonds. The molecule has 2 aromatic rings. The number of halogens is 1. The molecule has 0 unspecified atom stereocenters. The topological polar surface area (TPSA) is 75.7 Å². The van der Waals surface area contributed by atoms with Crippen molar-refractivity contribution in [2.45, 2.75) is 19.8 Å². The summed E-state index contributed by atoms with van der Waals surface area (Å²) in [5, 5.41) is 3.18. The highest BCUT2D eigenvalue weighted by Gasteiger charge is 2.36. The molecule has 146 valence electrons. The SMILES string of the molecule is CCc1ccc(N2C[C@@H](C(=O)OCC(=O)Nc3ccc(Cl)cc3)CC2=O)cc1. The van der Waals surface area contributed by atoms with E-state index >= 15 is 0 Å². The Balaban J connectivity index is 1.51. The van der Waals surface area contributed by atoms with Crippen LogP contribution in [0.1, 0.15) is 18.9 Å². The standard InChI is InChI=1S/C21H21ClN2O4/c1-2-14-3-9-18(10-4-14)24-12-15(11-20(24)26)21(27)28-13-19(25)23-17-7-5-16(22)6-8-17/h3-10,15H,2,11-13H2,1H3,(H,23,25)/t15-/m0/s1. The molecule has 28 heavy (non-hydrogen) atoms. The van der Waals surface area contributed by atoms with Crippen LogP contribution in [0.5, 0.6) is 0 Å². The fraction of sp³-hybridized carbons (Fsp3) is 0.286. The fourth-order valence-electron chi connectivity index (χ4n) is 3.01. The number of anilines is 2. The van der Waals surface area contributed by atoms with Gasteiger partial charge in [0, 0.05) is 29.4 Å². The number of carbonyl (C=O) groups excluding carboxylic acids is 3. The van der Waals surface area contributed by atoms with E-state index in [9.17, 15) is 14.4 Å². The molecule has 1 N–H and O–H groups in total. The maximum atomic E-state index is 12.3. The number of nitrogens with one attached hydrogen (secondary N) is 1. The summed E-state index contributed by atoms with van der Waals surface area (Å²) >= 11 is 5.79. The van der Waals surface area contributed by atoms with Gasteiger partial charge in [-0.05, 0) is 48.4 Å². The minimum Gasteiger partial charge on any atom is -0.455 e. The molecule has 3 rings (SSSR count). The van der Waals surface area contributed by atoms with Gasteiger partial charge in [-0.25, -0.2) is 0 Å². The van der Waals surface area contributed by atoms with Crippen molar-refractivity contribution in [3.05, 3.63) is 59.1 Å². The van der Waals surface area contributed by atoms with Crippen molar-refractivity contribution in [3.8, 4) is 0 Å². The van der Waals surface area contributed by atoms with Gasteiger partial charge in [-0.3, -0.25) is 14.4 Å². The normalized spacial score (nSPS) is 16.1. The largest absolute Gasteiger partial charge is 0.455 e. The van der Waals surface area contributed by atoms with Gasteiger partial charge in [0.05, 0.1) is 5.92 Å². The average Bonchev–Trinajstić information content (AvgIpc) is 3.10. The van der Waals surface area contributed by atoms with E-state index in [0.29, 0.717) is 10.7 Å². The highest BCUT2D eigenvalue weighted by Crippen LogP contribution is 2.26. The van der Waals surface area contributed by atoms with E-state index in [1.807, 2.05) is 24.3 Å². The zero-order valence-corrected chi connectivity index (χ0v) is 16.2. The fourth-order valence-corrected chi connectivity index (χ4v) is 3.14. The summed E-state index contributed by atoms with van der Waals surface area (Å²) in [6, 6.07) is 14.3. The molecule has 1 aliphatic rings. The molecule has 0 spiro atoms. The van der Waals surface area contributed by atoms with Gasteiger partial charge >= 0.3 is 5.97 Å². The van der Waals surface area contributed by atoms with E-state index in [1.165, 1.54) is 5.56 Å². The van der Waals surface area contributed by atoms with E-state index in [-0.39, 0.29) is 18.9 Å². The van der Waals surface area contributed by atoms with E-state index in [2.05, 4.69) is 12.2 Å². The Morgan fingerprint density at radius 2 is 1.82 bits per heavy atom. The van der Waals surface area contributed by atoms with Crippen LogP contribution < -0.4 is 10.2 Å². The predicted molar refractivity (Wildman–Crippen MR) is 107 cm³/mol. The molecular weight excluding hydrogens is 380 g/mol. The zero-order valence-electron chi connectivity index (χ0n) is 15.5. The van der Waals surface area contributed by atoms with Crippen LogP contribution in [0.2, 0.25) is 5.02 Å². The van der Waals surface area contributed by atoms with Crippen molar-refractivity contribution >= 4 is 40.8 Å². The number of amides is 2. The second kappa shape index (κ2) is 8.89. The van der Waals surface area contributed by atoms with Crippen LogP contribution in [-0.4, -0.2) is 30.9 Å². The van der Waals surface area contributed by atoms with Crippen LogP contribution in [0.4, 0.5) is 11.4 Å². The quantitative estimate of drug-likeness (QED) is 0.753. The van der Waals surface area contributed by atoms with Crippen molar-refractivity contribution in [2.75, 3.05) is 23.4 Å². The monoisotopic (exact) mass is 400 g/mol. The Labute approximate surface area is 168 Å². The van der Waals surface area contributed by atoms with Crippen molar-refractivity contribution in [3.63, 3.8) is 0 Å². The molecule has 1 heterocycles. The van der Waals surface area contributed by atoms with Crippen LogP contribution in [0.15, 0.2) is 48.5 Å². The highest BCUT2D eigenvalue weighted by molar-refractivity contribution is 6.30. The van der Waals surface area contributed by atoms with Crippen LogP contribution in [0, 0.1) is 5.92 Å². The Kier molecular flexibility index (Phi) is 6.31. The molecule has 7 heteroatoms. The van der Waals surface area contributed by atoms with E-state index in [4.69, 9.17) is 16.3 Å². The summed E-state index contributed by atoms with van der Waals surface area (Å²) in [5.74, 6) is -1.71. The summed E-state index contributed by atoms with van der Waals surface area (Å²) in [4.78, 5) is 38.1. The Morgan fingerprint density at radius 1 is 1.14 bits per heavy atom. The maximum Gasteiger partial charge on any atom is 0.311 e. The zero-order chi connectivity index (χ0) is 20.1. The van der Waals surface area contributed by atoms with Gasteiger partial charge in [0.2, 0.25) is 5.91 Å². The second-order valence-corrected chi connectivity index (χ2v) is 7.02. The molecule has 0 bridgehead atoms. The smallest absolute Gasteiger partial charge is 0.311 e. The van der Waals surface area contributed by atoms with Crippen molar-refractivity contribution in [1.29, 1.82) is 0 Å². The molecule has 0 aliphatic carbocycles. The molecule has 1 atom stereocenters. The van der Waals surface area contributed by atoms with Crippen LogP contribution in [0.25, 0.3) is 0 Å². The van der Waals surface area contributed by atoms with Gasteiger partial charge in [0.25, 0.3) is 5.91 Å². The third kappa shape index (κ3) is 4.89.